The largest absolute Gasteiger partial charge is 0.326 e. The van der Waals surface area contributed by atoms with Crippen LogP contribution >= 0.6 is 27.5 Å². The Bertz CT molecular complexity index is 890. The van der Waals surface area contributed by atoms with E-state index in [0.717, 1.165) is 4.47 Å². The standard InChI is InChI=1S/C20H22BrClN4O3/c1-3-26(12-20(29)25-18-9-4-14(21)10-17(18)22)11-19(28)24-16-7-5-15(6-8-16)23-13(2)27/h4-10H,3,11-12H2,1-2H3,(H,23,27)(H,24,28)(H,25,29). The van der Waals surface area contributed by atoms with Crippen molar-refractivity contribution in [3.05, 3.63) is 52.0 Å². The maximum atomic E-state index is 12.3. The maximum absolute atomic E-state index is 12.3. The zero-order valence-corrected chi connectivity index (χ0v) is 18.4. The van der Waals surface area contributed by atoms with Crippen molar-refractivity contribution >= 4 is 62.3 Å². The fourth-order valence-electron chi connectivity index (χ4n) is 2.51. The number of benzene rings is 2. The van der Waals surface area contributed by atoms with Crippen molar-refractivity contribution in [3.63, 3.8) is 0 Å². The number of anilines is 3. The van der Waals surface area contributed by atoms with Crippen LogP contribution in [-0.4, -0.2) is 42.3 Å². The van der Waals surface area contributed by atoms with E-state index in [0.29, 0.717) is 28.6 Å². The van der Waals surface area contributed by atoms with Gasteiger partial charge in [-0.05, 0) is 49.0 Å². The second-order valence-corrected chi connectivity index (χ2v) is 7.61. The fourth-order valence-corrected chi connectivity index (χ4v) is 3.23. The van der Waals surface area contributed by atoms with E-state index < -0.39 is 0 Å². The van der Waals surface area contributed by atoms with Crippen LogP contribution in [0.15, 0.2) is 46.9 Å². The van der Waals surface area contributed by atoms with Crippen LogP contribution < -0.4 is 16.0 Å². The van der Waals surface area contributed by atoms with Crippen molar-refractivity contribution in [2.24, 2.45) is 0 Å². The van der Waals surface area contributed by atoms with Gasteiger partial charge in [0.25, 0.3) is 0 Å². The van der Waals surface area contributed by atoms with Gasteiger partial charge < -0.3 is 16.0 Å². The molecule has 2 rings (SSSR count). The fraction of sp³-hybridized carbons (Fsp3) is 0.250. The molecule has 0 aliphatic heterocycles. The lowest BCUT2D eigenvalue weighted by Gasteiger charge is -2.19. The Morgan fingerprint density at radius 1 is 0.931 bits per heavy atom. The number of nitrogens with one attached hydrogen (secondary N) is 3. The number of carbonyl (C=O) groups is 3. The highest BCUT2D eigenvalue weighted by atomic mass is 79.9. The molecule has 0 atom stereocenters. The van der Waals surface area contributed by atoms with Crippen LogP contribution in [0.3, 0.4) is 0 Å². The summed E-state index contributed by atoms with van der Waals surface area (Å²) in [5.41, 5.74) is 1.76. The summed E-state index contributed by atoms with van der Waals surface area (Å²) >= 11 is 9.43. The zero-order chi connectivity index (χ0) is 21.4. The summed E-state index contributed by atoms with van der Waals surface area (Å²) in [7, 11) is 0. The Labute approximate surface area is 182 Å². The molecule has 154 valence electrons. The van der Waals surface area contributed by atoms with E-state index in [1.807, 2.05) is 6.92 Å². The Morgan fingerprint density at radius 3 is 2.00 bits per heavy atom. The molecule has 0 aromatic heterocycles. The van der Waals surface area contributed by atoms with Gasteiger partial charge in [0.2, 0.25) is 17.7 Å². The van der Waals surface area contributed by atoms with E-state index in [2.05, 4.69) is 31.9 Å². The number of nitrogens with zero attached hydrogens (tertiary/aromatic N) is 1. The van der Waals surface area contributed by atoms with E-state index in [9.17, 15) is 14.4 Å². The average Bonchev–Trinajstić information content (AvgIpc) is 2.64. The zero-order valence-electron chi connectivity index (χ0n) is 16.1. The quantitative estimate of drug-likeness (QED) is 0.532. The van der Waals surface area contributed by atoms with Gasteiger partial charge in [0.15, 0.2) is 0 Å². The topological polar surface area (TPSA) is 90.5 Å². The van der Waals surface area contributed by atoms with Crippen LogP contribution in [0.1, 0.15) is 13.8 Å². The molecule has 0 aliphatic rings. The van der Waals surface area contributed by atoms with Gasteiger partial charge in [0, 0.05) is 22.8 Å². The lowest BCUT2D eigenvalue weighted by atomic mass is 10.2. The molecule has 3 amide bonds. The minimum atomic E-state index is -0.261. The molecule has 0 radical (unpaired) electrons. The molecule has 2 aromatic rings. The first-order valence-corrected chi connectivity index (χ1v) is 10.1. The third kappa shape index (κ3) is 7.84. The van der Waals surface area contributed by atoms with Gasteiger partial charge in [0.1, 0.15) is 0 Å². The minimum absolute atomic E-state index is 0.0534. The summed E-state index contributed by atoms with van der Waals surface area (Å²) in [6.45, 7) is 3.94. The highest BCUT2D eigenvalue weighted by molar-refractivity contribution is 9.10. The molecule has 29 heavy (non-hydrogen) atoms. The van der Waals surface area contributed by atoms with E-state index >= 15 is 0 Å². The summed E-state index contributed by atoms with van der Waals surface area (Å²) in [4.78, 5) is 37.3. The van der Waals surface area contributed by atoms with Crippen LogP contribution in [0.4, 0.5) is 17.1 Å². The average molecular weight is 482 g/mol. The van der Waals surface area contributed by atoms with Gasteiger partial charge in [-0.2, -0.15) is 0 Å². The predicted octanol–water partition coefficient (Wildman–Crippen LogP) is 3.96. The summed E-state index contributed by atoms with van der Waals surface area (Å²) in [6, 6.07) is 12.0. The second kappa shape index (κ2) is 10.9. The van der Waals surface area contributed by atoms with Crippen molar-refractivity contribution in [2.75, 3.05) is 35.6 Å². The summed E-state index contributed by atoms with van der Waals surface area (Å²) < 4.78 is 0.817. The number of hydrogen-bond acceptors (Lipinski definition) is 4. The number of hydrogen-bond donors (Lipinski definition) is 3. The van der Waals surface area contributed by atoms with Gasteiger partial charge in [0.05, 0.1) is 23.8 Å². The number of amides is 3. The smallest absolute Gasteiger partial charge is 0.238 e. The normalized spacial score (nSPS) is 10.5. The van der Waals surface area contributed by atoms with Gasteiger partial charge in [-0.3, -0.25) is 19.3 Å². The van der Waals surface area contributed by atoms with Crippen LogP contribution in [-0.2, 0) is 14.4 Å². The molecule has 2 aromatic carbocycles. The van der Waals surface area contributed by atoms with Gasteiger partial charge in [-0.25, -0.2) is 0 Å². The van der Waals surface area contributed by atoms with Crippen molar-refractivity contribution in [1.82, 2.24) is 4.90 Å². The number of carbonyl (C=O) groups excluding carboxylic acids is 3. The molecule has 0 spiro atoms. The number of likely N-dealkylation sites (N-methyl/N-ethyl adjacent to an activating group) is 1. The Kier molecular flexibility index (Phi) is 8.63. The maximum Gasteiger partial charge on any atom is 0.238 e. The number of rotatable bonds is 8. The lowest BCUT2D eigenvalue weighted by Crippen LogP contribution is -2.38. The van der Waals surface area contributed by atoms with Crippen LogP contribution in [0.25, 0.3) is 0 Å². The van der Waals surface area contributed by atoms with E-state index in [-0.39, 0.29) is 30.8 Å². The molecule has 0 aliphatic carbocycles. The Morgan fingerprint density at radius 2 is 1.48 bits per heavy atom. The predicted molar refractivity (Wildman–Crippen MR) is 119 cm³/mol. The SMILES string of the molecule is CCN(CC(=O)Nc1ccc(NC(C)=O)cc1)CC(=O)Nc1ccc(Br)cc1Cl. The molecule has 3 N–H and O–H groups in total. The molecule has 0 bridgehead atoms. The summed E-state index contributed by atoms with van der Waals surface area (Å²) in [5, 5.41) is 8.61. The van der Waals surface area contributed by atoms with Gasteiger partial charge >= 0.3 is 0 Å². The molecule has 7 nitrogen and oxygen atoms in total. The molecule has 0 unspecified atom stereocenters. The molecular formula is C20H22BrClN4O3. The monoisotopic (exact) mass is 480 g/mol. The minimum Gasteiger partial charge on any atom is -0.326 e. The van der Waals surface area contributed by atoms with Crippen molar-refractivity contribution < 1.29 is 14.4 Å². The van der Waals surface area contributed by atoms with E-state index in [1.54, 1.807) is 47.4 Å². The Balaban J connectivity index is 1.87. The van der Waals surface area contributed by atoms with E-state index in [1.165, 1.54) is 6.92 Å². The van der Waals surface area contributed by atoms with Crippen LogP contribution in [0.5, 0.6) is 0 Å². The highest BCUT2D eigenvalue weighted by Gasteiger charge is 2.14. The Hall–Kier alpha value is -2.42. The molecule has 0 saturated carbocycles. The first kappa shape index (κ1) is 22.9. The summed E-state index contributed by atoms with van der Waals surface area (Å²) in [5.74, 6) is -0.666. The number of halogens is 2. The molecule has 0 saturated heterocycles. The third-order valence-corrected chi connectivity index (χ3v) is 4.68. The molecular weight excluding hydrogens is 460 g/mol. The van der Waals surface area contributed by atoms with Crippen LogP contribution in [0.2, 0.25) is 5.02 Å². The first-order chi connectivity index (χ1) is 13.8. The van der Waals surface area contributed by atoms with Crippen LogP contribution in [0, 0.1) is 0 Å². The molecule has 0 fully saturated rings. The van der Waals surface area contributed by atoms with Crippen molar-refractivity contribution in [1.29, 1.82) is 0 Å². The summed E-state index contributed by atoms with van der Waals surface area (Å²) in [6.07, 6.45) is 0. The van der Waals surface area contributed by atoms with Gasteiger partial charge in [-0.1, -0.05) is 34.5 Å². The molecule has 0 heterocycles. The first-order valence-electron chi connectivity index (χ1n) is 8.91. The van der Waals surface area contributed by atoms with Gasteiger partial charge in [-0.15, -0.1) is 0 Å². The third-order valence-electron chi connectivity index (χ3n) is 3.88. The van der Waals surface area contributed by atoms with Crippen molar-refractivity contribution in [3.8, 4) is 0 Å². The second-order valence-electron chi connectivity index (χ2n) is 6.28. The van der Waals surface area contributed by atoms with E-state index in [4.69, 9.17) is 11.6 Å². The highest BCUT2D eigenvalue weighted by Crippen LogP contribution is 2.25. The molecule has 9 heteroatoms. The lowest BCUT2D eigenvalue weighted by molar-refractivity contribution is -0.120. The van der Waals surface area contributed by atoms with Crippen molar-refractivity contribution in [2.45, 2.75) is 13.8 Å².